The third kappa shape index (κ3) is 1.75. The van der Waals surface area contributed by atoms with Gasteiger partial charge in [0.1, 0.15) is 5.82 Å². The van der Waals surface area contributed by atoms with Crippen LogP contribution in [-0.2, 0) is 6.54 Å². The zero-order chi connectivity index (χ0) is 9.97. The van der Waals surface area contributed by atoms with Gasteiger partial charge in [0, 0.05) is 12.1 Å². The fourth-order valence-electron chi connectivity index (χ4n) is 1.53. The minimum atomic E-state index is -0.268. The summed E-state index contributed by atoms with van der Waals surface area (Å²) in [5, 5.41) is 8.57. The van der Waals surface area contributed by atoms with Gasteiger partial charge in [-0.05, 0) is 31.6 Å². The highest BCUT2D eigenvalue weighted by Crippen LogP contribution is 2.16. The first-order valence-electron chi connectivity index (χ1n) is 4.70. The molecule has 2 nitrogen and oxygen atoms in total. The van der Waals surface area contributed by atoms with Gasteiger partial charge in [-0.1, -0.05) is 6.07 Å². The Morgan fingerprint density at radius 3 is 2.71 bits per heavy atom. The second-order valence-corrected chi connectivity index (χ2v) is 3.55. The van der Waals surface area contributed by atoms with Crippen LogP contribution in [0.4, 0.5) is 4.39 Å². The molecular weight excluding hydrogens is 179 g/mol. The molecule has 2 rings (SSSR count). The molecule has 14 heavy (non-hydrogen) atoms. The third-order valence-electron chi connectivity index (χ3n) is 2.52. The smallest absolute Gasteiger partial charge is 0.129 e. The van der Waals surface area contributed by atoms with E-state index in [0.717, 1.165) is 13.1 Å². The van der Waals surface area contributed by atoms with Crippen LogP contribution in [0.2, 0.25) is 0 Å². The summed E-state index contributed by atoms with van der Waals surface area (Å²) in [6.07, 6.45) is 1.21. The molecule has 0 bridgehead atoms. The molecule has 1 aromatic rings. The second-order valence-electron chi connectivity index (χ2n) is 3.55. The summed E-state index contributed by atoms with van der Waals surface area (Å²) < 4.78 is 13.4. The van der Waals surface area contributed by atoms with Crippen molar-refractivity contribution in [2.75, 3.05) is 13.1 Å². The highest BCUT2D eigenvalue weighted by molar-refractivity contribution is 5.32. The minimum Gasteiger partial charge on any atom is -0.299 e. The molecule has 72 valence electrons. The Hall–Kier alpha value is -1.40. The lowest BCUT2D eigenvalue weighted by Crippen LogP contribution is -2.36. The molecule has 0 amide bonds. The number of rotatable bonds is 2. The molecule has 0 unspecified atom stereocenters. The fraction of sp³-hybridized carbons (Fsp3) is 0.364. The molecule has 0 radical (unpaired) electrons. The van der Waals surface area contributed by atoms with Crippen molar-refractivity contribution >= 4 is 0 Å². The first-order valence-corrected chi connectivity index (χ1v) is 4.70. The lowest BCUT2D eigenvalue weighted by molar-refractivity contribution is 0.170. The van der Waals surface area contributed by atoms with Gasteiger partial charge < -0.3 is 0 Å². The molecule has 3 heteroatoms. The Balaban J connectivity index is 2.14. The van der Waals surface area contributed by atoms with Crippen molar-refractivity contribution in [1.82, 2.24) is 4.90 Å². The summed E-state index contributed by atoms with van der Waals surface area (Å²) in [5.41, 5.74) is 1.07. The number of hydrogen-bond donors (Lipinski definition) is 0. The summed E-state index contributed by atoms with van der Waals surface area (Å²) in [7, 11) is 0. The lowest BCUT2D eigenvalue weighted by Gasteiger charge is -2.30. The van der Waals surface area contributed by atoms with Crippen molar-refractivity contribution < 1.29 is 4.39 Å². The largest absolute Gasteiger partial charge is 0.299 e. The van der Waals surface area contributed by atoms with Gasteiger partial charge >= 0.3 is 0 Å². The summed E-state index contributed by atoms with van der Waals surface area (Å²) in [6.45, 7) is 2.77. The van der Waals surface area contributed by atoms with Gasteiger partial charge in [0.25, 0.3) is 0 Å². The highest BCUT2D eigenvalue weighted by atomic mass is 19.1. The predicted molar refractivity (Wildman–Crippen MR) is 51.0 cm³/mol. The zero-order valence-corrected chi connectivity index (χ0v) is 7.83. The van der Waals surface area contributed by atoms with Crippen molar-refractivity contribution in [2.45, 2.75) is 13.0 Å². The molecule has 0 aromatic heterocycles. The van der Waals surface area contributed by atoms with Crippen LogP contribution in [0, 0.1) is 17.1 Å². The average molecular weight is 190 g/mol. The average Bonchev–Trinajstić information content (AvgIpc) is 2.13. The SMILES string of the molecule is N#Cc1ccc(CN2CCC2)c(F)c1. The molecule has 1 heterocycles. The van der Waals surface area contributed by atoms with Crippen LogP contribution in [0.25, 0.3) is 0 Å². The lowest BCUT2D eigenvalue weighted by atomic mass is 10.1. The van der Waals surface area contributed by atoms with E-state index in [0.29, 0.717) is 17.7 Å². The van der Waals surface area contributed by atoms with E-state index in [1.165, 1.54) is 12.5 Å². The van der Waals surface area contributed by atoms with Gasteiger partial charge in [-0.15, -0.1) is 0 Å². The van der Waals surface area contributed by atoms with Crippen molar-refractivity contribution in [3.8, 4) is 6.07 Å². The molecule has 1 saturated heterocycles. The second kappa shape index (κ2) is 3.77. The maximum Gasteiger partial charge on any atom is 0.129 e. The number of nitriles is 1. The number of halogens is 1. The Morgan fingerprint density at radius 2 is 2.21 bits per heavy atom. The van der Waals surface area contributed by atoms with Crippen LogP contribution in [-0.4, -0.2) is 18.0 Å². The van der Waals surface area contributed by atoms with E-state index in [4.69, 9.17) is 5.26 Å². The third-order valence-corrected chi connectivity index (χ3v) is 2.52. The first-order chi connectivity index (χ1) is 6.79. The van der Waals surface area contributed by atoms with Crippen LogP contribution in [0.1, 0.15) is 17.5 Å². The normalized spacial score (nSPS) is 16.0. The Bertz CT molecular complexity index is 377. The van der Waals surface area contributed by atoms with E-state index in [1.54, 1.807) is 12.1 Å². The monoisotopic (exact) mass is 190 g/mol. The van der Waals surface area contributed by atoms with Crippen molar-refractivity contribution in [3.05, 3.63) is 35.1 Å². The Morgan fingerprint density at radius 1 is 1.43 bits per heavy atom. The van der Waals surface area contributed by atoms with Crippen LogP contribution >= 0.6 is 0 Å². The van der Waals surface area contributed by atoms with E-state index < -0.39 is 0 Å². The van der Waals surface area contributed by atoms with Gasteiger partial charge in [0.2, 0.25) is 0 Å². The van der Waals surface area contributed by atoms with Gasteiger partial charge in [-0.3, -0.25) is 4.90 Å². The van der Waals surface area contributed by atoms with Crippen LogP contribution in [0.15, 0.2) is 18.2 Å². The summed E-state index contributed by atoms with van der Waals surface area (Å²) in [6, 6.07) is 6.59. The molecule has 1 aliphatic heterocycles. The van der Waals surface area contributed by atoms with Crippen molar-refractivity contribution in [2.24, 2.45) is 0 Å². The Labute approximate surface area is 82.6 Å². The van der Waals surface area contributed by atoms with Crippen LogP contribution in [0.3, 0.4) is 0 Å². The first kappa shape index (κ1) is 9.17. The van der Waals surface area contributed by atoms with Gasteiger partial charge in [-0.2, -0.15) is 5.26 Å². The molecule has 0 atom stereocenters. The van der Waals surface area contributed by atoms with Gasteiger partial charge in [0.05, 0.1) is 11.6 Å². The summed E-state index contributed by atoms with van der Waals surface area (Å²) in [5.74, 6) is -0.268. The van der Waals surface area contributed by atoms with E-state index in [1.807, 2.05) is 6.07 Å². The fourth-order valence-corrected chi connectivity index (χ4v) is 1.53. The predicted octanol–water partition coefficient (Wildman–Crippen LogP) is 1.90. The maximum absolute atomic E-state index is 13.4. The van der Waals surface area contributed by atoms with E-state index in [-0.39, 0.29) is 5.82 Å². The van der Waals surface area contributed by atoms with Crippen molar-refractivity contribution in [1.29, 1.82) is 5.26 Å². The van der Waals surface area contributed by atoms with Gasteiger partial charge in [0.15, 0.2) is 0 Å². The summed E-state index contributed by atoms with van der Waals surface area (Å²) >= 11 is 0. The van der Waals surface area contributed by atoms with E-state index >= 15 is 0 Å². The molecule has 1 aromatic carbocycles. The number of likely N-dealkylation sites (tertiary alicyclic amines) is 1. The molecular formula is C11H11FN2. The van der Waals surface area contributed by atoms with Gasteiger partial charge in [-0.25, -0.2) is 4.39 Å². The molecule has 0 N–H and O–H groups in total. The molecule has 0 spiro atoms. The summed E-state index contributed by atoms with van der Waals surface area (Å²) in [4.78, 5) is 2.18. The quantitative estimate of drug-likeness (QED) is 0.712. The zero-order valence-electron chi connectivity index (χ0n) is 7.83. The van der Waals surface area contributed by atoms with Crippen molar-refractivity contribution in [3.63, 3.8) is 0 Å². The molecule has 0 saturated carbocycles. The number of benzene rings is 1. The Kier molecular flexibility index (Phi) is 2.47. The molecule has 1 aliphatic rings. The standard InChI is InChI=1S/C11H11FN2/c12-11-6-9(7-13)2-3-10(11)8-14-4-1-5-14/h2-3,6H,1,4-5,8H2. The highest BCUT2D eigenvalue weighted by Gasteiger charge is 2.15. The molecule has 1 fully saturated rings. The molecule has 0 aliphatic carbocycles. The maximum atomic E-state index is 13.4. The van der Waals surface area contributed by atoms with E-state index in [2.05, 4.69) is 4.90 Å². The van der Waals surface area contributed by atoms with E-state index in [9.17, 15) is 4.39 Å². The minimum absolute atomic E-state index is 0.268. The topological polar surface area (TPSA) is 27.0 Å². The van der Waals surface area contributed by atoms with Crippen LogP contribution < -0.4 is 0 Å². The van der Waals surface area contributed by atoms with Crippen LogP contribution in [0.5, 0.6) is 0 Å². The number of hydrogen-bond acceptors (Lipinski definition) is 2. The number of nitrogens with zero attached hydrogens (tertiary/aromatic N) is 2.